The molecule has 1 aliphatic rings. The number of hydrogen-bond donors (Lipinski definition) is 1. The minimum atomic E-state index is -0.216. The van der Waals surface area contributed by atoms with Gasteiger partial charge < -0.3 is 19.7 Å². The molecule has 0 aromatic heterocycles. The molecule has 0 radical (unpaired) electrons. The molecule has 3 rings (SSSR count). The van der Waals surface area contributed by atoms with Crippen LogP contribution in [0.5, 0.6) is 11.5 Å². The van der Waals surface area contributed by atoms with E-state index < -0.39 is 0 Å². The summed E-state index contributed by atoms with van der Waals surface area (Å²) in [5.74, 6) is 1.22. The Bertz CT molecular complexity index is 910. The van der Waals surface area contributed by atoms with Gasteiger partial charge in [0.2, 0.25) is 11.8 Å². The Labute approximate surface area is 183 Å². The number of amides is 2. The quantitative estimate of drug-likeness (QED) is 0.634. The number of carbonyl (C=O) groups excluding carboxylic acids is 2. The number of carbonyl (C=O) groups is 2. The van der Waals surface area contributed by atoms with Crippen LogP contribution >= 0.6 is 0 Å². The molecule has 1 N–H and O–H groups in total. The topological polar surface area (TPSA) is 71.1 Å². The maximum Gasteiger partial charge on any atom is 0.243 e. The van der Waals surface area contributed by atoms with Gasteiger partial charge in [0.05, 0.1) is 27.3 Å². The van der Waals surface area contributed by atoms with Crippen LogP contribution in [0.25, 0.3) is 0 Å². The molecule has 0 spiro atoms. The van der Waals surface area contributed by atoms with Gasteiger partial charge in [-0.15, -0.1) is 0 Å². The lowest BCUT2D eigenvalue weighted by molar-refractivity contribution is -0.134. The van der Waals surface area contributed by atoms with Gasteiger partial charge in [0.15, 0.2) is 0 Å². The first kappa shape index (κ1) is 22.6. The minimum Gasteiger partial charge on any atom is -0.497 e. The summed E-state index contributed by atoms with van der Waals surface area (Å²) in [6.07, 6.45) is 2.13. The highest BCUT2D eigenvalue weighted by atomic mass is 16.5. The lowest BCUT2D eigenvalue weighted by Gasteiger charge is -2.25. The number of nitrogens with one attached hydrogen (secondary N) is 1. The van der Waals surface area contributed by atoms with Gasteiger partial charge in [0.1, 0.15) is 11.5 Å². The molecule has 0 unspecified atom stereocenters. The molecule has 0 aliphatic heterocycles. The van der Waals surface area contributed by atoms with Crippen molar-refractivity contribution in [2.75, 3.05) is 39.7 Å². The van der Waals surface area contributed by atoms with E-state index in [4.69, 9.17) is 9.47 Å². The number of likely N-dealkylation sites (N-methyl/N-ethyl adjacent to an activating group) is 1. The number of rotatable bonds is 10. The molecule has 0 bridgehead atoms. The van der Waals surface area contributed by atoms with Gasteiger partial charge in [-0.1, -0.05) is 17.7 Å². The molecule has 1 fully saturated rings. The molecule has 7 heteroatoms. The predicted octanol–water partition coefficient (Wildman–Crippen LogP) is 3.07. The van der Waals surface area contributed by atoms with Crippen LogP contribution in [0.2, 0.25) is 0 Å². The number of hydrogen-bond acceptors (Lipinski definition) is 5. The number of ether oxygens (including phenoxy) is 2. The summed E-state index contributed by atoms with van der Waals surface area (Å²) in [5.41, 5.74) is 2.82. The fourth-order valence-corrected chi connectivity index (χ4v) is 3.41. The van der Waals surface area contributed by atoms with Crippen LogP contribution in [-0.2, 0) is 16.1 Å². The third-order valence-electron chi connectivity index (χ3n) is 5.40. The van der Waals surface area contributed by atoms with Crippen LogP contribution in [0.4, 0.5) is 5.69 Å². The monoisotopic (exact) mass is 425 g/mol. The molecular weight excluding hydrogens is 394 g/mol. The van der Waals surface area contributed by atoms with E-state index in [0.717, 1.165) is 41.2 Å². The molecule has 166 valence electrons. The Morgan fingerprint density at radius 3 is 2.35 bits per heavy atom. The van der Waals surface area contributed by atoms with Crippen molar-refractivity contribution < 1.29 is 19.1 Å². The number of nitrogens with zero attached hydrogens (tertiary/aromatic N) is 2. The van der Waals surface area contributed by atoms with E-state index >= 15 is 0 Å². The second-order valence-electron chi connectivity index (χ2n) is 7.98. The van der Waals surface area contributed by atoms with Gasteiger partial charge in [0.25, 0.3) is 0 Å². The van der Waals surface area contributed by atoms with Gasteiger partial charge in [-0.2, -0.15) is 0 Å². The number of anilines is 1. The molecular formula is C24H31N3O4. The number of aryl methyl sites for hydroxylation is 1. The maximum atomic E-state index is 12.8. The number of benzene rings is 2. The fourth-order valence-electron chi connectivity index (χ4n) is 3.41. The Kier molecular flexibility index (Phi) is 7.52. The van der Waals surface area contributed by atoms with E-state index in [2.05, 4.69) is 10.2 Å². The highest BCUT2D eigenvalue weighted by molar-refractivity contribution is 5.94. The SMILES string of the molecule is COc1ccc(OC)c(CN(CC(=O)N(C)CC(=O)Nc2ccc(C)cc2)C2CC2)c1. The smallest absolute Gasteiger partial charge is 0.243 e. The summed E-state index contributed by atoms with van der Waals surface area (Å²) in [6, 6.07) is 13.6. The van der Waals surface area contributed by atoms with E-state index in [1.807, 2.05) is 49.4 Å². The van der Waals surface area contributed by atoms with Gasteiger partial charge in [-0.3, -0.25) is 14.5 Å². The molecule has 2 aromatic carbocycles. The van der Waals surface area contributed by atoms with Crippen molar-refractivity contribution in [3.8, 4) is 11.5 Å². The third kappa shape index (κ3) is 6.46. The molecule has 2 amide bonds. The summed E-state index contributed by atoms with van der Waals surface area (Å²) in [7, 11) is 4.93. The Hall–Kier alpha value is -3.06. The summed E-state index contributed by atoms with van der Waals surface area (Å²) >= 11 is 0. The van der Waals surface area contributed by atoms with Crippen molar-refractivity contribution in [3.63, 3.8) is 0 Å². The lowest BCUT2D eigenvalue weighted by atomic mass is 10.1. The molecule has 0 atom stereocenters. The standard InChI is InChI=1S/C24H31N3O4/c1-17-5-7-19(8-6-17)25-23(28)15-26(2)24(29)16-27(20-9-10-20)14-18-13-21(30-3)11-12-22(18)31-4/h5-8,11-13,20H,9-10,14-16H2,1-4H3,(H,25,28). The Morgan fingerprint density at radius 2 is 1.74 bits per heavy atom. The largest absolute Gasteiger partial charge is 0.497 e. The molecule has 1 saturated carbocycles. The predicted molar refractivity (Wildman–Crippen MR) is 120 cm³/mol. The average molecular weight is 426 g/mol. The van der Waals surface area contributed by atoms with E-state index in [0.29, 0.717) is 12.6 Å². The van der Waals surface area contributed by atoms with Crippen LogP contribution in [-0.4, -0.2) is 62.0 Å². The Morgan fingerprint density at radius 1 is 1.03 bits per heavy atom. The second kappa shape index (κ2) is 10.3. The zero-order valence-electron chi connectivity index (χ0n) is 18.7. The van der Waals surface area contributed by atoms with E-state index in [1.165, 1.54) is 4.90 Å². The van der Waals surface area contributed by atoms with Crippen LogP contribution in [0, 0.1) is 6.92 Å². The summed E-state index contributed by atoms with van der Waals surface area (Å²) in [4.78, 5) is 28.8. The molecule has 7 nitrogen and oxygen atoms in total. The Balaban J connectivity index is 1.59. The number of methoxy groups -OCH3 is 2. The van der Waals surface area contributed by atoms with E-state index in [-0.39, 0.29) is 24.9 Å². The first-order valence-electron chi connectivity index (χ1n) is 10.4. The van der Waals surface area contributed by atoms with Crippen molar-refractivity contribution in [2.45, 2.75) is 32.4 Å². The minimum absolute atomic E-state index is 0.00764. The van der Waals surface area contributed by atoms with Gasteiger partial charge in [-0.05, 0) is 50.1 Å². The summed E-state index contributed by atoms with van der Waals surface area (Å²) in [5, 5.41) is 2.83. The molecule has 0 saturated heterocycles. The molecule has 31 heavy (non-hydrogen) atoms. The first-order valence-corrected chi connectivity index (χ1v) is 10.4. The van der Waals surface area contributed by atoms with Crippen LogP contribution < -0.4 is 14.8 Å². The molecule has 0 heterocycles. The van der Waals surface area contributed by atoms with Crippen LogP contribution in [0.1, 0.15) is 24.0 Å². The highest BCUT2D eigenvalue weighted by Gasteiger charge is 2.32. The summed E-state index contributed by atoms with van der Waals surface area (Å²) < 4.78 is 10.8. The molecule has 2 aromatic rings. The second-order valence-corrected chi connectivity index (χ2v) is 7.98. The van der Waals surface area contributed by atoms with Crippen molar-refractivity contribution in [3.05, 3.63) is 53.6 Å². The highest BCUT2D eigenvalue weighted by Crippen LogP contribution is 2.31. The zero-order chi connectivity index (χ0) is 22.4. The van der Waals surface area contributed by atoms with Crippen LogP contribution in [0.3, 0.4) is 0 Å². The van der Waals surface area contributed by atoms with Crippen LogP contribution in [0.15, 0.2) is 42.5 Å². The summed E-state index contributed by atoms with van der Waals surface area (Å²) in [6.45, 7) is 2.83. The van der Waals surface area contributed by atoms with Crippen molar-refractivity contribution in [2.24, 2.45) is 0 Å². The van der Waals surface area contributed by atoms with Crippen molar-refractivity contribution >= 4 is 17.5 Å². The average Bonchev–Trinajstić information content (AvgIpc) is 3.60. The fraction of sp³-hybridized carbons (Fsp3) is 0.417. The van der Waals surface area contributed by atoms with E-state index in [9.17, 15) is 9.59 Å². The van der Waals surface area contributed by atoms with Gasteiger partial charge in [0, 0.05) is 30.9 Å². The molecule has 1 aliphatic carbocycles. The van der Waals surface area contributed by atoms with Gasteiger partial charge in [-0.25, -0.2) is 0 Å². The van der Waals surface area contributed by atoms with E-state index in [1.54, 1.807) is 21.3 Å². The van der Waals surface area contributed by atoms with Gasteiger partial charge >= 0.3 is 0 Å². The van der Waals surface area contributed by atoms with Crippen molar-refractivity contribution in [1.29, 1.82) is 0 Å². The first-order chi connectivity index (χ1) is 14.9. The maximum absolute atomic E-state index is 12.8. The zero-order valence-corrected chi connectivity index (χ0v) is 18.7. The third-order valence-corrected chi connectivity index (χ3v) is 5.40. The normalized spacial score (nSPS) is 13.1. The van der Waals surface area contributed by atoms with Crippen molar-refractivity contribution in [1.82, 2.24) is 9.80 Å². The lowest BCUT2D eigenvalue weighted by Crippen LogP contribution is -2.42.